The molecular formula is C19H16N4S. The van der Waals surface area contributed by atoms with E-state index in [2.05, 4.69) is 44.8 Å². The van der Waals surface area contributed by atoms with Crippen LogP contribution in [0.4, 0.5) is 5.13 Å². The average Bonchev–Trinajstić information content (AvgIpc) is 3.27. The first kappa shape index (κ1) is 14.7. The lowest BCUT2D eigenvalue weighted by atomic mass is 10.1. The Balaban J connectivity index is 1.56. The monoisotopic (exact) mass is 332 g/mol. The van der Waals surface area contributed by atoms with E-state index in [4.69, 9.17) is 0 Å². The molecule has 2 aromatic carbocycles. The van der Waals surface area contributed by atoms with Gasteiger partial charge in [0.25, 0.3) is 0 Å². The largest absolute Gasteiger partial charge is 0.360 e. The highest BCUT2D eigenvalue weighted by Gasteiger charge is 2.07. The number of hydrogen-bond donors (Lipinski definition) is 2. The van der Waals surface area contributed by atoms with Crippen molar-refractivity contribution >= 4 is 33.1 Å². The van der Waals surface area contributed by atoms with Crippen LogP contribution in [0.25, 0.3) is 22.2 Å². The second-order valence-electron chi connectivity index (χ2n) is 5.46. The van der Waals surface area contributed by atoms with E-state index in [-0.39, 0.29) is 0 Å². The van der Waals surface area contributed by atoms with Crippen molar-refractivity contribution in [1.29, 1.82) is 0 Å². The number of rotatable bonds is 4. The minimum atomic E-state index is 0.785. The minimum Gasteiger partial charge on any atom is -0.360 e. The van der Waals surface area contributed by atoms with Gasteiger partial charge in [0.2, 0.25) is 5.13 Å². The van der Waals surface area contributed by atoms with Crippen molar-refractivity contribution in [3.8, 4) is 11.3 Å². The van der Waals surface area contributed by atoms with Gasteiger partial charge in [-0.25, -0.2) is 4.98 Å². The van der Waals surface area contributed by atoms with Crippen LogP contribution in [-0.2, 0) is 0 Å². The van der Waals surface area contributed by atoms with E-state index in [1.165, 1.54) is 5.39 Å². The SMILES string of the molecule is C/C(=N\Nc1nc(-c2ccccc2)cs1)c1c[nH]c2ccccc12. The Bertz CT molecular complexity index is 998. The Labute approximate surface area is 143 Å². The summed E-state index contributed by atoms with van der Waals surface area (Å²) in [5.74, 6) is 0. The molecule has 2 N–H and O–H groups in total. The van der Waals surface area contributed by atoms with E-state index >= 15 is 0 Å². The van der Waals surface area contributed by atoms with Crippen molar-refractivity contribution < 1.29 is 0 Å². The van der Waals surface area contributed by atoms with Gasteiger partial charge in [0.05, 0.1) is 11.4 Å². The highest BCUT2D eigenvalue weighted by atomic mass is 32.1. The Morgan fingerprint density at radius 2 is 1.88 bits per heavy atom. The number of para-hydroxylation sites is 1. The molecule has 0 fully saturated rings. The number of nitrogens with one attached hydrogen (secondary N) is 2. The summed E-state index contributed by atoms with van der Waals surface area (Å²) in [7, 11) is 0. The number of aromatic nitrogens is 2. The van der Waals surface area contributed by atoms with Gasteiger partial charge in [0.15, 0.2) is 0 Å². The fourth-order valence-corrected chi connectivity index (χ4v) is 3.29. The predicted octanol–water partition coefficient (Wildman–Crippen LogP) is 5.13. The molecule has 4 rings (SSSR count). The van der Waals surface area contributed by atoms with Gasteiger partial charge in [0, 0.05) is 33.6 Å². The normalized spacial score (nSPS) is 11.8. The number of fused-ring (bicyclic) bond motifs is 1. The topological polar surface area (TPSA) is 53.1 Å². The third kappa shape index (κ3) is 2.81. The number of benzene rings is 2. The van der Waals surface area contributed by atoms with Crippen molar-refractivity contribution in [2.45, 2.75) is 6.92 Å². The summed E-state index contributed by atoms with van der Waals surface area (Å²) in [4.78, 5) is 7.86. The van der Waals surface area contributed by atoms with Crippen LogP contribution in [0.5, 0.6) is 0 Å². The molecule has 0 unspecified atom stereocenters. The van der Waals surface area contributed by atoms with Crippen molar-refractivity contribution in [3.05, 3.63) is 71.7 Å². The zero-order valence-electron chi connectivity index (χ0n) is 13.2. The molecule has 118 valence electrons. The van der Waals surface area contributed by atoms with E-state index in [1.54, 1.807) is 11.3 Å². The molecule has 5 heteroatoms. The Hall–Kier alpha value is -2.92. The van der Waals surface area contributed by atoms with Crippen LogP contribution < -0.4 is 5.43 Å². The predicted molar refractivity (Wildman–Crippen MR) is 102 cm³/mol. The van der Waals surface area contributed by atoms with Gasteiger partial charge in [-0.15, -0.1) is 11.3 Å². The van der Waals surface area contributed by atoms with Gasteiger partial charge in [-0.2, -0.15) is 5.10 Å². The summed E-state index contributed by atoms with van der Waals surface area (Å²) >= 11 is 1.55. The van der Waals surface area contributed by atoms with Crippen LogP contribution in [0.2, 0.25) is 0 Å². The molecule has 0 aliphatic heterocycles. The molecule has 0 atom stereocenters. The van der Waals surface area contributed by atoms with Gasteiger partial charge in [-0.05, 0) is 13.0 Å². The lowest BCUT2D eigenvalue weighted by molar-refractivity contribution is 1.27. The van der Waals surface area contributed by atoms with E-state index in [0.29, 0.717) is 0 Å². The number of hydrazone groups is 1. The first-order valence-electron chi connectivity index (χ1n) is 7.69. The zero-order valence-corrected chi connectivity index (χ0v) is 14.0. The molecule has 2 aromatic heterocycles. The fourth-order valence-electron chi connectivity index (χ4n) is 2.63. The van der Waals surface area contributed by atoms with Crippen LogP contribution in [0.1, 0.15) is 12.5 Å². The number of thiazole rings is 1. The van der Waals surface area contributed by atoms with Crippen LogP contribution >= 0.6 is 11.3 Å². The van der Waals surface area contributed by atoms with Gasteiger partial charge in [0.1, 0.15) is 0 Å². The number of hydrogen-bond acceptors (Lipinski definition) is 4. The molecule has 0 aliphatic rings. The second kappa shape index (κ2) is 6.29. The summed E-state index contributed by atoms with van der Waals surface area (Å²) in [5, 5.41) is 8.48. The summed E-state index contributed by atoms with van der Waals surface area (Å²) in [6, 6.07) is 18.4. The van der Waals surface area contributed by atoms with Gasteiger partial charge >= 0.3 is 0 Å². The molecule has 4 aromatic rings. The molecule has 0 aliphatic carbocycles. The smallest absolute Gasteiger partial charge is 0.203 e. The highest BCUT2D eigenvalue weighted by Crippen LogP contribution is 2.25. The van der Waals surface area contributed by atoms with Crippen molar-refractivity contribution in [2.75, 3.05) is 5.43 Å². The number of anilines is 1. The van der Waals surface area contributed by atoms with Crippen LogP contribution in [0.15, 0.2) is 71.3 Å². The van der Waals surface area contributed by atoms with E-state index < -0.39 is 0 Å². The Kier molecular flexibility index (Phi) is 3.84. The Morgan fingerprint density at radius 1 is 1.08 bits per heavy atom. The van der Waals surface area contributed by atoms with E-state index in [0.717, 1.165) is 33.2 Å². The first-order chi connectivity index (χ1) is 11.8. The van der Waals surface area contributed by atoms with Crippen molar-refractivity contribution in [2.24, 2.45) is 5.10 Å². The highest BCUT2D eigenvalue weighted by molar-refractivity contribution is 7.14. The summed E-state index contributed by atoms with van der Waals surface area (Å²) in [6.45, 7) is 1.99. The third-order valence-corrected chi connectivity index (χ3v) is 4.62. The zero-order chi connectivity index (χ0) is 16.4. The number of aromatic amines is 1. The molecule has 0 spiro atoms. The van der Waals surface area contributed by atoms with Gasteiger partial charge in [-0.1, -0.05) is 48.5 Å². The maximum Gasteiger partial charge on any atom is 0.203 e. The quantitative estimate of drug-likeness (QED) is 0.402. The van der Waals surface area contributed by atoms with Gasteiger partial charge in [-0.3, -0.25) is 5.43 Å². The van der Waals surface area contributed by atoms with Crippen LogP contribution in [-0.4, -0.2) is 15.7 Å². The number of nitrogens with zero attached hydrogens (tertiary/aromatic N) is 2. The van der Waals surface area contributed by atoms with Crippen molar-refractivity contribution in [1.82, 2.24) is 9.97 Å². The van der Waals surface area contributed by atoms with Crippen LogP contribution in [0.3, 0.4) is 0 Å². The third-order valence-electron chi connectivity index (χ3n) is 3.87. The standard InChI is InChI=1S/C19H16N4S/c1-13(16-11-20-17-10-6-5-9-15(16)17)22-23-19-21-18(12-24-19)14-7-3-2-4-8-14/h2-12,20H,1H3,(H,21,23)/b22-13+. The van der Waals surface area contributed by atoms with E-state index in [1.807, 2.05) is 48.8 Å². The summed E-state index contributed by atoms with van der Waals surface area (Å²) in [6.07, 6.45) is 1.99. The Morgan fingerprint density at radius 3 is 2.75 bits per heavy atom. The lowest BCUT2D eigenvalue weighted by Crippen LogP contribution is -1.98. The van der Waals surface area contributed by atoms with Gasteiger partial charge < -0.3 is 4.98 Å². The molecule has 2 heterocycles. The maximum absolute atomic E-state index is 4.59. The fraction of sp³-hybridized carbons (Fsp3) is 0.0526. The molecule has 24 heavy (non-hydrogen) atoms. The minimum absolute atomic E-state index is 0.785. The molecule has 0 saturated heterocycles. The summed E-state index contributed by atoms with van der Waals surface area (Å²) < 4.78 is 0. The van der Waals surface area contributed by atoms with Crippen molar-refractivity contribution in [3.63, 3.8) is 0 Å². The molecule has 0 amide bonds. The second-order valence-corrected chi connectivity index (χ2v) is 6.32. The van der Waals surface area contributed by atoms with Crippen LogP contribution in [0, 0.1) is 0 Å². The lowest BCUT2D eigenvalue weighted by Gasteiger charge is -2.00. The summed E-state index contributed by atoms with van der Waals surface area (Å²) in [5.41, 5.74) is 8.27. The molecule has 4 nitrogen and oxygen atoms in total. The first-order valence-corrected chi connectivity index (χ1v) is 8.57. The molecule has 0 bridgehead atoms. The molecular weight excluding hydrogens is 316 g/mol. The van der Waals surface area contributed by atoms with E-state index in [9.17, 15) is 0 Å². The number of H-pyrrole nitrogens is 1. The average molecular weight is 332 g/mol. The molecule has 0 saturated carbocycles. The maximum atomic E-state index is 4.59. The molecule has 0 radical (unpaired) electrons.